The number of halogens is 4. The molecule has 0 aliphatic carbocycles. The first-order valence-electron chi connectivity index (χ1n) is 7.60. The molecule has 1 N–H and O–H groups in total. The van der Waals surface area contributed by atoms with Crippen LogP contribution < -0.4 is 5.32 Å². The highest BCUT2D eigenvalue weighted by atomic mass is 19.4. The molecule has 25 heavy (non-hydrogen) atoms. The van der Waals surface area contributed by atoms with Crippen molar-refractivity contribution >= 4 is 11.6 Å². The van der Waals surface area contributed by atoms with Crippen LogP contribution in [0.3, 0.4) is 0 Å². The van der Waals surface area contributed by atoms with Gasteiger partial charge in [0, 0.05) is 11.8 Å². The number of anilines is 1. The van der Waals surface area contributed by atoms with Gasteiger partial charge in [-0.1, -0.05) is 13.0 Å². The first-order valence-corrected chi connectivity index (χ1v) is 7.60. The van der Waals surface area contributed by atoms with Gasteiger partial charge in [0.2, 0.25) is 0 Å². The fourth-order valence-corrected chi connectivity index (χ4v) is 2.61. The maximum absolute atomic E-state index is 13.9. The number of rotatable bonds is 4. The van der Waals surface area contributed by atoms with Crippen LogP contribution in [-0.4, -0.2) is 19.6 Å². The summed E-state index contributed by atoms with van der Waals surface area (Å²) in [5.41, 5.74) is -0.156. The fraction of sp³-hybridized carbons (Fsp3) is 0.312. The molecule has 3 rings (SSSR count). The zero-order valence-electron chi connectivity index (χ0n) is 13.5. The highest BCUT2D eigenvalue weighted by Gasteiger charge is 2.34. The molecule has 9 heteroatoms. The first kappa shape index (κ1) is 17.1. The number of aryl methyl sites for hydroxylation is 1. The van der Waals surface area contributed by atoms with Crippen molar-refractivity contribution in [2.24, 2.45) is 0 Å². The van der Waals surface area contributed by atoms with Crippen molar-refractivity contribution in [2.75, 3.05) is 5.32 Å². The van der Waals surface area contributed by atoms with Crippen molar-refractivity contribution in [3.8, 4) is 0 Å². The maximum atomic E-state index is 13.9. The molecule has 2 heterocycles. The molecule has 1 aromatic carbocycles. The van der Waals surface area contributed by atoms with Gasteiger partial charge in [-0.3, -0.25) is 0 Å². The van der Waals surface area contributed by atoms with Gasteiger partial charge in [-0.05, 0) is 31.0 Å². The van der Waals surface area contributed by atoms with Crippen LogP contribution in [0.1, 0.15) is 36.2 Å². The van der Waals surface area contributed by atoms with Gasteiger partial charge in [0.1, 0.15) is 18.0 Å². The Morgan fingerprint density at radius 1 is 1.24 bits per heavy atom. The average molecular weight is 353 g/mol. The molecule has 0 aliphatic heterocycles. The van der Waals surface area contributed by atoms with Crippen molar-refractivity contribution in [1.29, 1.82) is 0 Å². The molecule has 132 valence electrons. The van der Waals surface area contributed by atoms with E-state index in [9.17, 15) is 17.6 Å². The van der Waals surface area contributed by atoms with E-state index in [0.29, 0.717) is 29.3 Å². The Morgan fingerprint density at radius 2 is 2.00 bits per heavy atom. The quantitative estimate of drug-likeness (QED) is 0.716. The Morgan fingerprint density at radius 3 is 2.64 bits per heavy atom. The van der Waals surface area contributed by atoms with Gasteiger partial charge in [-0.25, -0.2) is 9.37 Å². The van der Waals surface area contributed by atoms with E-state index in [2.05, 4.69) is 20.4 Å². The molecule has 0 saturated heterocycles. The zero-order chi connectivity index (χ0) is 18.2. The third kappa shape index (κ3) is 3.40. The van der Waals surface area contributed by atoms with E-state index < -0.39 is 23.6 Å². The number of benzene rings is 1. The Bertz CT molecular complexity index is 903. The normalized spacial score (nSPS) is 13.2. The van der Waals surface area contributed by atoms with E-state index >= 15 is 0 Å². The third-order valence-electron chi connectivity index (χ3n) is 3.81. The number of hydrogen-bond donors (Lipinski definition) is 1. The minimum Gasteiger partial charge on any atom is -0.363 e. The van der Waals surface area contributed by atoms with Crippen LogP contribution in [0.4, 0.5) is 23.4 Å². The largest absolute Gasteiger partial charge is 0.419 e. The van der Waals surface area contributed by atoms with Gasteiger partial charge < -0.3 is 5.32 Å². The van der Waals surface area contributed by atoms with Crippen LogP contribution in [0.25, 0.3) is 5.78 Å². The summed E-state index contributed by atoms with van der Waals surface area (Å²) in [6.07, 6.45) is -2.83. The summed E-state index contributed by atoms with van der Waals surface area (Å²) in [5.74, 6) is -0.315. The molecule has 0 saturated carbocycles. The number of nitrogens with zero attached hydrogens (tertiary/aromatic N) is 4. The lowest BCUT2D eigenvalue weighted by Crippen LogP contribution is -2.15. The van der Waals surface area contributed by atoms with Crippen molar-refractivity contribution < 1.29 is 17.6 Å². The molecule has 0 fully saturated rings. The van der Waals surface area contributed by atoms with Crippen LogP contribution in [0, 0.1) is 12.7 Å². The minimum absolute atomic E-state index is 0.397. The molecule has 5 nitrogen and oxygen atoms in total. The molecular weight excluding hydrogens is 338 g/mol. The highest BCUT2D eigenvalue weighted by molar-refractivity contribution is 5.46. The Balaban J connectivity index is 1.95. The second-order valence-electron chi connectivity index (χ2n) is 5.60. The summed E-state index contributed by atoms with van der Waals surface area (Å²) in [5, 5.41) is 7.24. The van der Waals surface area contributed by atoms with Crippen LogP contribution >= 0.6 is 0 Å². The van der Waals surface area contributed by atoms with Crippen molar-refractivity contribution in [3.05, 3.63) is 53.2 Å². The molecule has 0 spiro atoms. The Kier molecular flexibility index (Phi) is 4.32. The minimum atomic E-state index is -4.72. The van der Waals surface area contributed by atoms with E-state index in [-0.39, 0.29) is 0 Å². The number of alkyl halides is 3. The van der Waals surface area contributed by atoms with E-state index in [0.717, 1.165) is 12.1 Å². The molecule has 0 bridgehead atoms. The van der Waals surface area contributed by atoms with Crippen molar-refractivity contribution in [3.63, 3.8) is 0 Å². The van der Waals surface area contributed by atoms with Crippen LogP contribution in [0.2, 0.25) is 0 Å². The number of aromatic nitrogens is 4. The average Bonchev–Trinajstić information content (AvgIpc) is 2.99. The predicted octanol–water partition coefficient (Wildman–Crippen LogP) is 4.15. The Labute approximate surface area is 140 Å². The van der Waals surface area contributed by atoms with Crippen molar-refractivity contribution in [1.82, 2.24) is 19.6 Å². The molecule has 0 radical (unpaired) electrons. The maximum Gasteiger partial charge on any atom is 0.419 e. The second-order valence-corrected chi connectivity index (χ2v) is 5.60. The molecular formula is C16H15F4N5. The standard InChI is InChI=1S/C16H15F4N5/c1-3-13(10-4-5-11(12(17)7-10)16(18,19)20)24-14-6-9(2)23-15-21-8-22-25(14)15/h4-8,13,24H,3H2,1-2H3/t13-/m1/s1. The lowest BCUT2D eigenvalue weighted by molar-refractivity contribution is -0.140. The summed E-state index contributed by atoms with van der Waals surface area (Å²) < 4.78 is 53.5. The summed E-state index contributed by atoms with van der Waals surface area (Å²) in [7, 11) is 0. The number of fused-ring (bicyclic) bond motifs is 1. The summed E-state index contributed by atoms with van der Waals surface area (Å²) >= 11 is 0. The lowest BCUT2D eigenvalue weighted by Gasteiger charge is -2.20. The van der Waals surface area contributed by atoms with Crippen LogP contribution in [-0.2, 0) is 6.18 Å². The van der Waals surface area contributed by atoms with Gasteiger partial charge in [0.25, 0.3) is 5.78 Å². The van der Waals surface area contributed by atoms with Gasteiger partial charge >= 0.3 is 6.18 Å². The summed E-state index contributed by atoms with van der Waals surface area (Å²) in [6.45, 7) is 3.64. The second kappa shape index (κ2) is 6.30. The number of hydrogen-bond acceptors (Lipinski definition) is 4. The summed E-state index contributed by atoms with van der Waals surface area (Å²) in [6, 6.07) is 4.30. The third-order valence-corrected chi connectivity index (χ3v) is 3.81. The monoisotopic (exact) mass is 353 g/mol. The van der Waals surface area contributed by atoms with Gasteiger partial charge in [0.15, 0.2) is 0 Å². The Hall–Kier alpha value is -2.71. The molecule has 0 aliphatic rings. The van der Waals surface area contributed by atoms with E-state index in [1.54, 1.807) is 13.0 Å². The molecule has 0 amide bonds. The highest BCUT2D eigenvalue weighted by Crippen LogP contribution is 2.33. The van der Waals surface area contributed by atoms with Gasteiger partial charge in [-0.15, -0.1) is 0 Å². The smallest absolute Gasteiger partial charge is 0.363 e. The number of nitrogens with one attached hydrogen (secondary N) is 1. The lowest BCUT2D eigenvalue weighted by atomic mass is 10.0. The first-order chi connectivity index (χ1) is 11.8. The van der Waals surface area contributed by atoms with E-state index in [1.165, 1.54) is 16.9 Å². The van der Waals surface area contributed by atoms with Gasteiger partial charge in [-0.2, -0.15) is 27.8 Å². The summed E-state index contributed by atoms with van der Waals surface area (Å²) in [4.78, 5) is 8.23. The molecule has 3 aromatic rings. The van der Waals surface area contributed by atoms with E-state index in [4.69, 9.17) is 0 Å². The van der Waals surface area contributed by atoms with Crippen LogP contribution in [0.5, 0.6) is 0 Å². The van der Waals surface area contributed by atoms with E-state index in [1.807, 2.05) is 6.92 Å². The SMILES string of the molecule is CC[C@@H](Nc1cc(C)nc2ncnn12)c1ccc(C(F)(F)F)c(F)c1. The molecule has 2 aromatic heterocycles. The molecule has 0 unspecified atom stereocenters. The molecule has 1 atom stereocenters. The zero-order valence-corrected chi connectivity index (χ0v) is 13.5. The van der Waals surface area contributed by atoms with Gasteiger partial charge in [0.05, 0.1) is 11.6 Å². The predicted molar refractivity (Wildman–Crippen MR) is 83.6 cm³/mol. The van der Waals surface area contributed by atoms with Crippen molar-refractivity contribution in [2.45, 2.75) is 32.5 Å². The van der Waals surface area contributed by atoms with Crippen LogP contribution in [0.15, 0.2) is 30.6 Å². The fourth-order valence-electron chi connectivity index (χ4n) is 2.61. The topological polar surface area (TPSA) is 55.1 Å².